The summed E-state index contributed by atoms with van der Waals surface area (Å²) >= 11 is 3.31. The van der Waals surface area contributed by atoms with Gasteiger partial charge in [0.15, 0.2) is 0 Å². The molecule has 2 rings (SSSR count). The fourth-order valence-corrected chi connectivity index (χ4v) is 2.76. The monoisotopic (exact) mass is 349 g/mol. The highest BCUT2D eigenvalue weighted by molar-refractivity contribution is 9.10. The summed E-state index contributed by atoms with van der Waals surface area (Å²) in [6.45, 7) is 3.02. The predicted octanol–water partition coefficient (Wildman–Crippen LogP) is 5.26. The molecule has 0 spiro atoms. The molecule has 0 aliphatic carbocycles. The molecule has 0 aliphatic heterocycles. The number of hydrogen-bond donors (Lipinski definition) is 1. The summed E-state index contributed by atoms with van der Waals surface area (Å²) in [5.74, 6) is -0.147. The van der Waals surface area contributed by atoms with E-state index >= 15 is 0 Å². The summed E-state index contributed by atoms with van der Waals surface area (Å²) in [5.41, 5.74) is 2.04. The van der Waals surface area contributed by atoms with Crippen LogP contribution in [0.4, 0.5) is 4.39 Å². The molecule has 1 atom stereocenters. The highest BCUT2D eigenvalue weighted by Crippen LogP contribution is 2.24. The topological polar surface area (TPSA) is 12.0 Å². The number of aryl methyl sites for hydroxylation is 1. The SMILES string of the molecule is CCCNC(CCc1ccccc1)c1ccc(Br)cc1F. The maximum atomic E-state index is 14.2. The summed E-state index contributed by atoms with van der Waals surface area (Å²) < 4.78 is 15.0. The molecule has 1 nitrogen and oxygen atoms in total. The summed E-state index contributed by atoms with van der Waals surface area (Å²) in [7, 11) is 0. The molecule has 0 heterocycles. The first-order valence-electron chi connectivity index (χ1n) is 7.43. The lowest BCUT2D eigenvalue weighted by molar-refractivity contribution is 0.473. The third-order valence-electron chi connectivity index (χ3n) is 3.54. The Balaban J connectivity index is 2.10. The Morgan fingerprint density at radius 2 is 1.90 bits per heavy atom. The Morgan fingerprint density at radius 3 is 2.57 bits per heavy atom. The van der Waals surface area contributed by atoms with E-state index in [0.717, 1.165) is 35.8 Å². The number of hydrogen-bond acceptors (Lipinski definition) is 1. The Morgan fingerprint density at radius 1 is 1.14 bits per heavy atom. The van der Waals surface area contributed by atoms with E-state index in [2.05, 4.69) is 40.3 Å². The zero-order valence-electron chi connectivity index (χ0n) is 12.3. The minimum Gasteiger partial charge on any atom is -0.310 e. The zero-order chi connectivity index (χ0) is 15.1. The first-order chi connectivity index (χ1) is 10.2. The average Bonchev–Trinajstić information content (AvgIpc) is 2.49. The lowest BCUT2D eigenvalue weighted by atomic mass is 9.98. The molecule has 0 saturated heterocycles. The van der Waals surface area contributed by atoms with Crippen molar-refractivity contribution in [1.82, 2.24) is 5.32 Å². The Labute approximate surface area is 134 Å². The van der Waals surface area contributed by atoms with Gasteiger partial charge in [-0.2, -0.15) is 0 Å². The lowest BCUT2D eigenvalue weighted by Crippen LogP contribution is -2.23. The first-order valence-corrected chi connectivity index (χ1v) is 8.22. The van der Waals surface area contributed by atoms with Gasteiger partial charge in [0.1, 0.15) is 5.82 Å². The van der Waals surface area contributed by atoms with E-state index in [1.165, 1.54) is 5.56 Å². The van der Waals surface area contributed by atoms with Crippen LogP contribution in [0.5, 0.6) is 0 Å². The molecule has 21 heavy (non-hydrogen) atoms. The highest BCUT2D eigenvalue weighted by atomic mass is 79.9. The number of nitrogens with one attached hydrogen (secondary N) is 1. The Hall–Kier alpha value is -1.19. The Kier molecular flexibility index (Phi) is 6.40. The quantitative estimate of drug-likeness (QED) is 0.718. The van der Waals surface area contributed by atoms with E-state index in [9.17, 15) is 4.39 Å². The molecular weight excluding hydrogens is 329 g/mol. The predicted molar refractivity (Wildman–Crippen MR) is 89.9 cm³/mol. The average molecular weight is 350 g/mol. The molecule has 0 fully saturated rings. The van der Waals surface area contributed by atoms with Crippen LogP contribution in [-0.2, 0) is 6.42 Å². The second kappa shape index (κ2) is 8.30. The summed E-state index contributed by atoms with van der Waals surface area (Å²) in [5, 5.41) is 3.46. The van der Waals surface area contributed by atoms with Crippen molar-refractivity contribution in [3.63, 3.8) is 0 Å². The summed E-state index contributed by atoms with van der Waals surface area (Å²) in [4.78, 5) is 0. The van der Waals surface area contributed by atoms with Gasteiger partial charge in [-0.25, -0.2) is 4.39 Å². The van der Waals surface area contributed by atoms with Gasteiger partial charge in [-0.05, 0) is 43.5 Å². The van der Waals surface area contributed by atoms with Crippen LogP contribution in [0.1, 0.15) is 36.9 Å². The van der Waals surface area contributed by atoms with E-state index in [4.69, 9.17) is 0 Å². The van der Waals surface area contributed by atoms with Gasteiger partial charge in [0, 0.05) is 16.1 Å². The molecular formula is C18H21BrFN. The van der Waals surface area contributed by atoms with Crippen LogP contribution in [-0.4, -0.2) is 6.54 Å². The highest BCUT2D eigenvalue weighted by Gasteiger charge is 2.15. The molecule has 0 radical (unpaired) electrons. The van der Waals surface area contributed by atoms with Crippen LogP contribution in [0.3, 0.4) is 0 Å². The van der Waals surface area contributed by atoms with Crippen molar-refractivity contribution in [3.8, 4) is 0 Å². The van der Waals surface area contributed by atoms with Gasteiger partial charge >= 0.3 is 0 Å². The molecule has 2 aromatic rings. The van der Waals surface area contributed by atoms with Crippen molar-refractivity contribution in [2.45, 2.75) is 32.2 Å². The van der Waals surface area contributed by atoms with Crippen molar-refractivity contribution in [2.75, 3.05) is 6.54 Å². The molecule has 2 aromatic carbocycles. The third kappa shape index (κ3) is 4.94. The van der Waals surface area contributed by atoms with E-state index < -0.39 is 0 Å². The Bertz CT molecular complexity index is 556. The summed E-state index contributed by atoms with van der Waals surface area (Å²) in [6.07, 6.45) is 2.88. The van der Waals surface area contributed by atoms with Crippen molar-refractivity contribution in [3.05, 3.63) is 69.9 Å². The second-order valence-corrected chi connectivity index (χ2v) is 6.11. The fraction of sp³-hybridized carbons (Fsp3) is 0.333. The molecule has 3 heteroatoms. The molecule has 0 aliphatic rings. The van der Waals surface area contributed by atoms with Crippen LogP contribution in [0, 0.1) is 5.82 Å². The van der Waals surface area contributed by atoms with Crippen molar-refractivity contribution >= 4 is 15.9 Å². The normalized spacial score (nSPS) is 12.3. The number of halogens is 2. The minimum absolute atomic E-state index is 0.0539. The maximum absolute atomic E-state index is 14.2. The fourth-order valence-electron chi connectivity index (χ4n) is 2.43. The minimum atomic E-state index is -0.147. The molecule has 0 aromatic heterocycles. The molecule has 112 valence electrons. The maximum Gasteiger partial charge on any atom is 0.129 e. The van der Waals surface area contributed by atoms with E-state index in [1.54, 1.807) is 6.07 Å². The largest absolute Gasteiger partial charge is 0.310 e. The second-order valence-electron chi connectivity index (χ2n) is 5.20. The van der Waals surface area contributed by atoms with Gasteiger partial charge in [-0.1, -0.05) is 59.3 Å². The standard InChI is InChI=1S/C18H21BrFN/c1-2-12-21-18(11-8-14-6-4-3-5-7-14)16-10-9-15(19)13-17(16)20/h3-7,9-10,13,18,21H,2,8,11-12H2,1H3. The molecule has 0 bridgehead atoms. The van der Waals surface area contributed by atoms with E-state index in [-0.39, 0.29) is 11.9 Å². The van der Waals surface area contributed by atoms with Crippen LogP contribution in [0.15, 0.2) is 53.0 Å². The van der Waals surface area contributed by atoms with Gasteiger partial charge in [0.2, 0.25) is 0 Å². The molecule has 1 N–H and O–H groups in total. The summed E-state index contributed by atoms with van der Waals surface area (Å²) in [6, 6.07) is 15.7. The van der Waals surface area contributed by atoms with E-state index in [0.29, 0.717) is 0 Å². The van der Waals surface area contributed by atoms with Crippen molar-refractivity contribution < 1.29 is 4.39 Å². The third-order valence-corrected chi connectivity index (χ3v) is 4.04. The molecule has 0 saturated carbocycles. The van der Waals surface area contributed by atoms with Gasteiger partial charge in [-0.15, -0.1) is 0 Å². The van der Waals surface area contributed by atoms with Crippen LogP contribution >= 0.6 is 15.9 Å². The molecule has 0 amide bonds. The lowest BCUT2D eigenvalue weighted by Gasteiger charge is -2.20. The van der Waals surface area contributed by atoms with Gasteiger partial charge in [0.25, 0.3) is 0 Å². The number of benzene rings is 2. The smallest absolute Gasteiger partial charge is 0.129 e. The van der Waals surface area contributed by atoms with Gasteiger partial charge < -0.3 is 5.32 Å². The van der Waals surface area contributed by atoms with Crippen LogP contribution < -0.4 is 5.32 Å². The molecule has 1 unspecified atom stereocenters. The van der Waals surface area contributed by atoms with Crippen molar-refractivity contribution in [1.29, 1.82) is 0 Å². The van der Waals surface area contributed by atoms with Crippen LogP contribution in [0.2, 0.25) is 0 Å². The van der Waals surface area contributed by atoms with Gasteiger partial charge in [0.05, 0.1) is 0 Å². The number of rotatable bonds is 7. The first kappa shape index (κ1) is 16.2. The van der Waals surface area contributed by atoms with Crippen LogP contribution in [0.25, 0.3) is 0 Å². The van der Waals surface area contributed by atoms with Gasteiger partial charge in [-0.3, -0.25) is 0 Å². The van der Waals surface area contributed by atoms with E-state index in [1.807, 2.05) is 30.3 Å². The van der Waals surface area contributed by atoms with Crippen molar-refractivity contribution in [2.24, 2.45) is 0 Å². The zero-order valence-corrected chi connectivity index (χ0v) is 13.9.